The third-order valence-electron chi connectivity index (χ3n) is 2.82. The number of aryl methyl sites for hydroxylation is 3. The first-order chi connectivity index (χ1) is 9.33. The topological polar surface area (TPSA) is 89.2 Å². The van der Waals surface area contributed by atoms with Crippen LogP contribution in [0.3, 0.4) is 0 Å². The molecular formula is C12H18N4O3S. The fourth-order valence-electron chi connectivity index (χ4n) is 1.95. The number of nitrogens with one attached hydrogen (secondary N) is 2. The maximum atomic E-state index is 12.4. The Kier molecular flexibility index (Phi) is 3.87. The average Bonchev–Trinajstić information content (AvgIpc) is 2.83. The van der Waals surface area contributed by atoms with Gasteiger partial charge >= 0.3 is 0 Å². The van der Waals surface area contributed by atoms with Crippen LogP contribution in [0.1, 0.15) is 17.2 Å². The van der Waals surface area contributed by atoms with Gasteiger partial charge in [-0.3, -0.25) is 9.40 Å². The van der Waals surface area contributed by atoms with E-state index >= 15 is 0 Å². The van der Waals surface area contributed by atoms with Crippen LogP contribution >= 0.6 is 0 Å². The molecule has 0 radical (unpaired) electrons. The zero-order valence-electron chi connectivity index (χ0n) is 11.9. The molecule has 0 aromatic carbocycles. The quantitative estimate of drug-likeness (QED) is 0.864. The second kappa shape index (κ2) is 5.29. The van der Waals surface area contributed by atoms with Crippen LogP contribution in [0.4, 0.5) is 5.69 Å². The largest absolute Gasteiger partial charge is 0.464 e. The van der Waals surface area contributed by atoms with Gasteiger partial charge in [0.05, 0.1) is 17.9 Å². The van der Waals surface area contributed by atoms with Crippen LogP contribution in [-0.2, 0) is 23.6 Å². The summed E-state index contributed by atoms with van der Waals surface area (Å²) in [5.41, 5.74) is 1.08. The number of aromatic nitrogens is 2. The molecule has 0 fully saturated rings. The number of nitrogens with zero attached hydrogens (tertiary/aromatic N) is 2. The Morgan fingerprint density at radius 3 is 2.65 bits per heavy atom. The molecular weight excluding hydrogens is 280 g/mol. The van der Waals surface area contributed by atoms with Crippen molar-refractivity contribution < 1.29 is 12.8 Å². The molecule has 2 heterocycles. The zero-order valence-corrected chi connectivity index (χ0v) is 12.7. The van der Waals surface area contributed by atoms with E-state index in [1.54, 1.807) is 38.8 Å². The van der Waals surface area contributed by atoms with Crippen molar-refractivity contribution in [1.82, 2.24) is 15.1 Å². The highest BCUT2D eigenvalue weighted by atomic mass is 32.2. The van der Waals surface area contributed by atoms with Crippen molar-refractivity contribution >= 4 is 15.7 Å². The van der Waals surface area contributed by atoms with E-state index in [9.17, 15) is 8.42 Å². The zero-order chi connectivity index (χ0) is 14.9. The summed E-state index contributed by atoms with van der Waals surface area (Å²) in [6, 6.07) is 1.53. The van der Waals surface area contributed by atoms with Crippen molar-refractivity contribution in [3.8, 4) is 0 Å². The second-order valence-corrected chi connectivity index (χ2v) is 6.22. The van der Waals surface area contributed by atoms with Gasteiger partial charge in [0.15, 0.2) is 0 Å². The van der Waals surface area contributed by atoms with E-state index in [-0.39, 0.29) is 4.90 Å². The van der Waals surface area contributed by atoms with E-state index in [4.69, 9.17) is 4.42 Å². The van der Waals surface area contributed by atoms with Crippen LogP contribution in [-0.4, -0.2) is 25.2 Å². The molecule has 0 aliphatic heterocycles. The first-order valence-electron chi connectivity index (χ1n) is 6.10. The van der Waals surface area contributed by atoms with Gasteiger partial charge in [0.2, 0.25) is 0 Å². The van der Waals surface area contributed by atoms with E-state index < -0.39 is 10.0 Å². The Hall–Kier alpha value is -1.80. The van der Waals surface area contributed by atoms with E-state index in [0.717, 1.165) is 0 Å². The van der Waals surface area contributed by atoms with Crippen molar-refractivity contribution in [1.29, 1.82) is 0 Å². The van der Waals surface area contributed by atoms with Crippen molar-refractivity contribution in [2.24, 2.45) is 7.05 Å². The van der Waals surface area contributed by atoms with Crippen LogP contribution in [0, 0.1) is 13.8 Å². The molecule has 20 heavy (non-hydrogen) atoms. The first kappa shape index (κ1) is 14.6. The van der Waals surface area contributed by atoms with Crippen LogP contribution in [0.2, 0.25) is 0 Å². The van der Waals surface area contributed by atoms with E-state index in [2.05, 4.69) is 15.1 Å². The third kappa shape index (κ3) is 2.86. The molecule has 2 aromatic rings. The summed E-state index contributed by atoms with van der Waals surface area (Å²) in [4.78, 5) is 0.144. The van der Waals surface area contributed by atoms with Gasteiger partial charge in [0, 0.05) is 19.3 Å². The van der Waals surface area contributed by atoms with Crippen molar-refractivity contribution in [2.45, 2.75) is 25.3 Å². The summed E-state index contributed by atoms with van der Waals surface area (Å²) < 4.78 is 34.2. The number of furan rings is 1. The van der Waals surface area contributed by atoms with E-state index in [0.29, 0.717) is 29.4 Å². The number of sulfonamides is 1. The van der Waals surface area contributed by atoms with Gasteiger partial charge in [-0.15, -0.1) is 0 Å². The summed E-state index contributed by atoms with van der Waals surface area (Å²) in [6.07, 6.45) is 1.62. The predicted molar refractivity (Wildman–Crippen MR) is 75.0 cm³/mol. The lowest BCUT2D eigenvalue weighted by Crippen LogP contribution is -2.13. The predicted octanol–water partition coefficient (Wildman–Crippen LogP) is 1.15. The second-order valence-electron chi connectivity index (χ2n) is 4.57. The Balaban J connectivity index is 2.33. The Morgan fingerprint density at radius 2 is 2.10 bits per heavy atom. The van der Waals surface area contributed by atoms with Crippen LogP contribution in [0.25, 0.3) is 0 Å². The molecule has 0 amide bonds. The molecule has 8 heteroatoms. The monoisotopic (exact) mass is 298 g/mol. The molecule has 2 rings (SSSR count). The smallest absolute Gasteiger partial charge is 0.265 e. The van der Waals surface area contributed by atoms with Crippen LogP contribution in [0.5, 0.6) is 0 Å². The Labute approximate surface area is 118 Å². The molecule has 0 spiro atoms. The lowest BCUT2D eigenvalue weighted by molar-refractivity contribution is 0.466. The van der Waals surface area contributed by atoms with Crippen LogP contribution in [0.15, 0.2) is 21.6 Å². The lowest BCUT2D eigenvalue weighted by atomic mass is 10.4. The lowest BCUT2D eigenvalue weighted by Gasteiger charge is -2.05. The van der Waals surface area contributed by atoms with E-state index in [1.807, 2.05) is 0 Å². The molecule has 2 aromatic heterocycles. The highest BCUT2D eigenvalue weighted by Crippen LogP contribution is 2.23. The Bertz CT molecular complexity index is 715. The molecule has 0 aliphatic rings. The van der Waals surface area contributed by atoms with Gasteiger partial charge in [0.1, 0.15) is 16.4 Å². The van der Waals surface area contributed by atoms with Gasteiger partial charge < -0.3 is 9.73 Å². The van der Waals surface area contributed by atoms with Crippen molar-refractivity contribution in [2.75, 3.05) is 11.8 Å². The standard InChI is InChI=1S/C12H18N4O3S/c1-8-11(7-16(4)14-8)15-20(17,18)12-5-10(6-13-3)19-9(12)2/h5,7,13,15H,6H2,1-4H3. The third-order valence-corrected chi connectivity index (χ3v) is 4.29. The summed E-state index contributed by atoms with van der Waals surface area (Å²) in [5, 5.41) is 7.02. The number of rotatable bonds is 5. The highest BCUT2D eigenvalue weighted by Gasteiger charge is 2.22. The minimum absolute atomic E-state index is 0.144. The molecule has 110 valence electrons. The SMILES string of the molecule is CNCc1cc(S(=O)(=O)Nc2cn(C)nc2C)c(C)o1. The van der Waals surface area contributed by atoms with Crippen LogP contribution < -0.4 is 10.0 Å². The fourth-order valence-corrected chi connectivity index (χ4v) is 3.26. The number of hydrogen-bond acceptors (Lipinski definition) is 5. The number of hydrogen-bond donors (Lipinski definition) is 2. The summed E-state index contributed by atoms with van der Waals surface area (Å²) >= 11 is 0. The van der Waals surface area contributed by atoms with Crippen molar-refractivity contribution in [3.05, 3.63) is 29.5 Å². The molecule has 7 nitrogen and oxygen atoms in total. The average molecular weight is 298 g/mol. The minimum atomic E-state index is -3.68. The van der Waals surface area contributed by atoms with Gasteiger partial charge in [-0.2, -0.15) is 5.10 Å². The molecule has 0 atom stereocenters. The first-order valence-corrected chi connectivity index (χ1v) is 7.59. The Morgan fingerprint density at radius 1 is 1.40 bits per heavy atom. The molecule has 2 N–H and O–H groups in total. The van der Waals surface area contributed by atoms with Gasteiger partial charge in [0.25, 0.3) is 10.0 Å². The van der Waals surface area contributed by atoms with Gasteiger partial charge in [-0.1, -0.05) is 0 Å². The summed E-state index contributed by atoms with van der Waals surface area (Å²) in [6.45, 7) is 3.85. The molecule has 0 saturated carbocycles. The van der Waals surface area contributed by atoms with Crippen molar-refractivity contribution in [3.63, 3.8) is 0 Å². The van der Waals surface area contributed by atoms with Gasteiger partial charge in [-0.25, -0.2) is 8.42 Å². The molecule has 0 unspecified atom stereocenters. The maximum Gasteiger partial charge on any atom is 0.265 e. The number of anilines is 1. The highest BCUT2D eigenvalue weighted by molar-refractivity contribution is 7.92. The summed E-state index contributed by atoms with van der Waals surface area (Å²) in [7, 11) is -0.173. The molecule has 0 bridgehead atoms. The normalized spacial score (nSPS) is 11.8. The molecule has 0 aliphatic carbocycles. The molecule has 0 saturated heterocycles. The van der Waals surface area contributed by atoms with Gasteiger partial charge in [-0.05, 0) is 20.9 Å². The maximum absolute atomic E-state index is 12.4. The summed E-state index contributed by atoms with van der Waals surface area (Å²) in [5.74, 6) is 0.942. The van der Waals surface area contributed by atoms with E-state index in [1.165, 1.54) is 6.07 Å². The minimum Gasteiger partial charge on any atom is -0.464 e. The fraction of sp³-hybridized carbons (Fsp3) is 0.417.